The molecule has 0 saturated carbocycles. The Labute approximate surface area is 173 Å². The summed E-state index contributed by atoms with van der Waals surface area (Å²) in [6, 6.07) is 16.1. The maximum atomic E-state index is 11.9. The molecule has 0 saturated heterocycles. The molecule has 3 rings (SSSR count). The predicted molar refractivity (Wildman–Crippen MR) is 123 cm³/mol. The van der Waals surface area contributed by atoms with Gasteiger partial charge in [0.05, 0.1) is 5.71 Å². The van der Waals surface area contributed by atoms with Crippen molar-refractivity contribution in [3.8, 4) is 0 Å². The molecule has 1 aliphatic carbocycles. The number of benzene rings is 2. The van der Waals surface area contributed by atoms with Gasteiger partial charge >= 0.3 is 0 Å². The summed E-state index contributed by atoms with van der Waals surface area (Å²) in [7, 11) is 4.06. The molecule has 1 atom stereocenters. The van der Waals surface area contributed by atoms with E-state index in [-0.39, 0.29) is 0 Å². The summed E-state index contributed by atoms with van der Waals surface area (Å²) >= 11 is 0. The molecule has 2 aromatic rings. The fourth-order valence-electron chi connectivity index (χ4n) is 3.54. The molecule has 1 unspecified atom stereocenters. The third-order valence-corrected chi connectivity index (χ3v) is 5.02. The van der Waals surface area contributed by atoms with E-state index >= 15 is 0 Å². The van der Waals surface area contributed by atoms with Gasteiger partial charge in [0.15, 0.2) is 12.5 Å². The van der Waals surface area contributed by atoms with Gasteiger partial charge in [-0.3, -0.25) is 9.79 Å². The molecule has 0 bridgehead atoms. The largest absolute Gasteiger partial charge is 0.377 e. The zero-order chi connectivity index (χ0) is 20.8. The minimum Gasteiger partial charge on any atom is -0.377 e. The summed E-state index contributed by atoms with van der Waals surface area (Å²) in [5.41, 5.74) is 7.31. The Morgan fingerprint density at radius 1 is 1.07 bits per heavy atom. The van der Waals surface area contributed by atoms with Gasteiger partial charge in [0.1, 0.15) is 0 Å². The fourth-order valence-corrected chi connectivity index (χ4v) is 3.54. The van der Waals surface area contributed by atoms with Crippen LogP contribution in [0.25, 0.3) is 0 Å². The highest BCUT2D eigenvalue weighted by Gasteiger charge is 2.20. The second kappa shape index (κ2) is 9.37. The minimum absolute atomic E-state index is 0.668. The van der Waals surface area contributed by atoms with E-state index < -0.39 is 6.17 Å². The molecule has 29 heavy (non-hydrogen) atoms. The average molecular weight is 388 g/mol. The van der Waals surface area contributed by atoms with Crippen molar-refractivity contribution in [1.29, 1.82) is 0 Å². The van der Waals surface area contributed by atoms with E-state index in [1.807, 2.05) is 44.4 Å². The van der Waals surface area contributed by atoms with E-state index in [2.05, 4.69) is 54.4 Å². The predicted octanol–water partition coefficient (Wildman–Crippen LogP) is 5.15. The van der Waals surface area contributed by atoms with E-state index in [4.69, 9.17) is 4.99 Å². The molecule has 150 valence electrons. The maximum Gasteiger partial charge on any atom is 0.175 e. The van der Waals surface area contributed by atoms with Gasteiger partial charge in [-0.25, -0.2) is 0 Å². The number of hydrogen-bond acceptors (Lipinski definition) is 4. The smallest absolute Gasteiger partial charge is 0.175 e. The van der Waals surface area contributed by atoms with Crippen LogP contribution in [0.3, 0.4) is 0 Å². The van der Waals surface area contributed by atoms with Crippen LogP contribution in [0.2, 0.25) is 0 Å². The molecule has 0 amide bonds. The highest BCUT2D eigenvalue weighted by molar-refractivity contribution is 6.18. The average Bonchev–Trinajstić information content (AvgIpc) is 2.72. The number of para-hydroxylation sites is 1. The molecule has 0 heterocycles. The molecule has 0 radical (unpaired) electrons. The van der Waals surface area contributed by atoms with Crippen molar-refractivity contribution in [2.45, 2.75) is 32.9 Å². The lowest BCUT2D eigenvalue weighted by Gasteiger charge is -2.23. The molecule has 1 N–H and O–H groups in total. The first-order chi connectivity index (χ1) is 14.0. The molecule has 4 nitrogen and oxygen atoms in total. The molecule has 0 aromatic heterocycles. The SMILES string of the molecule is CC1=CCCC=C1/C(=N/C(C=O)Nc1ccccc1)c1cc(C)ccc1N(C)C. The van der Waals surface area contributed by atoms with Gasteiger partial charge in [-0.2, -0.15) is 0 Å². The summed E-state index contributed by atoms with van der Waals surface area (Å²) in [6.45, 7) is 4.20. The standard InChI is InChI=1S/C25H29N3O/c1-18-14-15-23(28(3)4)22(16-18)25(21-13-9-8-10-19(21)2)27-24(17-29)26-20-11-6-5-7-12-20/h5-7,10-17,24,26H,8-9H2,1-4H3/b27-25-. The number of aliphatic imine (C=N–C) groups is 1. The number of allylic oxidation sites excluding steroid dienone is 4. The van der Waals surface area contributed by atoms with Crippen LogP contribution in [0.15, 0.2) is 76.8 Å². The van der Waals surface area contributed by atoms with Crippen molar-refractivity contribution in [1.82, 2.24) is 0 Å². The van der Waals surface area contributed by atoms with Crippen molar-refractivity contribution >= 4 is 23.4 Å². The maximum absolute atomic E-state index is 11.9. The van der Waals surface area contributed by atoms with Crippen molar-refractivity contribution in [3.63, 3.8) is 0 Å². The second-order valence-electron chi connectivity index (χ2n) is 7.57. The van der Waals surface area contributed by atoms with Crippen LogP contribution in [-0.4, -0.2) is 32.3 Å². The summed E-state index contributed by atoms with van der Waals surface area (Å²) in [4.78, 5) is 18.9. The molecule has 0 fully saturated rings. The Kier molecular flexibility index (Phi) is 6.65. The number of rotatable bonds is 7. The summed E-state index contributed by atoms with van der Waals surface area (Å²) in [5, 5.41) is 3.23. The van der Waals surface area contributed by atoms with Crippen molar-refractivity contribution in [3.05, 3.63) is 83.0 Å². The molecule has 4 heteroatoms. The van der Waals surface area contributed by atoms with Crippen molar-refractivity contribution < 1.29 is 4.79 Å². The van der Waals surface area contributed by atoms with E-state index in [1.165, 1.54) is 5.57 Å². The lowest BCUT2D eigenvalue weighted by molar-refractivity contribution is -0.108. The Balaban J connectivity index is 2.12. The monoisotopic (exact) mass is 387 g/mol. The Morgan fingerprint density at radius 2 is 1.79 bits per heavy atom. The number of nitrogens with zero attached hydrogens (tertiary/aromatic N) is 2. The van der Waals surface area contributed by atoms with Crippen LogP contribution >= 0.6 is 0 Å². The Hall–Kier alpha value is -3.14. The van der Waals surface area contributed by atoms with Crippen LogP contribution in [0.5, 0.6) is 0 Å². The first-order valence-corrected chi connectivity index (χ1v) is 10.0. The zero-order valence-electron chi connectivity index (χ0n) is 17.6. The molecule has 1 aliphatic rings. The summed E-state index contributed by atoms with van der Waals surface area (Å²) in [6.07, 6.45) is 6.69. The number of aryl methyl sites for hydroxylation is 1. The molecule has 0 spiro atoms. The van der Waals surface area contributed by atoms with E-state index in [9.17, 15) is 4.79 Å². The number of carbonyl (C=O) groups excluding carboxylic acids is 1. The number of nitrogens with one attached hydrogen (secondary N) is 1. The van der Waals surface area contributed by atoms with Crippen molar-refractivity contribution in [2.24, 2.45) is 4.99 Å². The van der Waals surface area contributed by atoms with Crippen LogP contribution in [0.4, 0.5) is 11.4 Å². The Bertz CT molecular complexity index is 955. The molecular formula is C25H29N3O. The van der Waals surface area contributed by atoms with Gasteiger partial charge in [0, 0.05) is 31.0 Å². The number of anilines is 2. The van der Waals surface area contributed by atoms with Gasteiger partial charge in [-0.15, -0.1) is 0 Å². The van der Waals surface area contributed by atoms with Crippen molar-refractivity contribution in [2.75, 3.05) is 24.3 Å². The first-order valence-electron chi connectivity index (χ1n) is 10.0. The highest BCUT2D eigenvalue weighted by Crippen LogP contribution is 2.29. The second-order valence-corrected chi connectivity index (χ2v) is 7.57. The van der Waals surface area contributed by atoms with Crippen LogP contribution in [0, 0.1) is 6.92 Å². The summed E-state index contributed by atoms with van der Waals surface area (Å²) in [5.74, 6) is 0. The third kappa shape index (κ3) is 5.02. The molecule has 2 aromatic carbocycles. The van der Waals surface area contributed by atoms with E-state index in [0.717, 1.165) is 52.9 Å². The van der Waals surface area contributed by atoms with Gasteiger partial charge in [-0.05, 0) is 62.1 Å². The third-order valence-electron chi connectivity index (χ3n) is 5.02. The normalized spacial score (nSPS) is 15.2. The van der Waals surface area contributed by atoms with Crippen LogP contribution < -0.4 is 10.2 Å². The van der Waals surface area contributed by atoms with E-state index in [1.54, 1.807) is 0 Å². The number of aldehydes is 1. The van der Waals surface area contributed by atoms with Gasteiger partial charge in [0.2, 0.25) is 0 Å². The number of carbonyl (C=O) groups is 1. The molecule has 0 aliphatic heterocycles. The van der Waals surface area contributed by atoms with E-state index in [0.29, 0.717) is 0 Å². The highest BCUT2D eigenvalue weighted by atomic mass is 16.1. The lowest BCUT2D eigenvalue weighted by atomic mass is 9.90. The van der Waals surface area contributed by atoms with Crippen LogP contribution in [0.1, 0.15) is 30.9 Å². The van der Waals surface area contributed by atoms with Crippen LogP contribution in [-0.2, 0) is 4.79 Å². The summed E-state index contributed by atoms with van der Waals surface area (Å²) < 4.78 is 0. The topological polar surface area (TPSA) is 44.7 Å². The number of hydrogen-bond donors (Lipinski definition) is 1. The first kappa shape index (κ1) is 20.6. The quantitative estimate of drug-likeness (QED) is 0.528. The van der Waals surface area contributed by atoms with Gasteiger partial charge < -0.3 is 10.2 Å². The van der Waals surface area contributed by atoms with Gasteiger partial charge in [-0.1, -0.05) is 42.0 Å². The van der Waals surface area contributed by atoms with Gasteiger partial charge in [0.25, 0.3) is 0 Å². The Morgan fingerprint density at radius 3 is 2.45 bits per heavy atom. The fraction of sp³-hybridized carbons (Fsp3) is 0.280. The minimum atomic E-state index is -0.668. The zero-order valence-corrected chi connectivity index (χ0v) is 17.6. The lowest BCUT2D eigenvalue weighted by Crippen LogP contribution is -2.24. The molecular weight excluding hydrogens is 358 g/mol.